The van der Waals surface area contributed by atoms with Crippen LogP contribution in [0, 0.1) is 0 Å². The fourth-order valence-corrected chi connectivity index (χ4v) is 3.20. The largest absolute Gasteiger partial charge is 0.497 e. The summed E-state index contributed by atoms with van der Waals surface area (Å²) in [6.45, 7) is 0.644. The molecule has 1 aliphatic rings. The van der Waals surface area contributed by atoms with Crippen LogP contribution in [0.25, 0.3) is 22.6 Å². The first-order valence-corrected chi connectivity index (χ1v) is 8.08. The number of methoxy groups -OCH3 is 1. The average molecular weight is 339 g/mol. The quantitative estimate of drug-likeness (QED) is 0.709. The van der Waals surface area contributed by atoms with E-state index in [-0.39, 0.29) is 5.56 Å². The fraction of sp³-hybridized carbons (Fsp3) is 0.158. The Kier molecular flexibility index (Phi) is 3.62. The molecule has 0 radical (unpaired) electrons. The number of ether oxygens (including phenoxy) is 1. The summed E-state index contributed by atoms with van der Waals surface area (Å²) < 4.78 is 6.91. The van der Waals surface area contributed by atoms with Crippen LogP contribution in [0.1, 0.15) is 17.8 Å². The van der Waals surface area contributed by atoms with Crippen molar-refractivity contribution < 1.29 is 4.74 Å². The Hall–Kier alpha value is -2.59. The summed E-state index contributed by atoms with van der Waals surface area (Å²) in [5, 5.41) is 1.12. The van der Waals surface area contributed by atoms with Crippen molar-refractivity contribution in [2.75, 3.05) is 7.11 Å². The zero-order chi connectivity index (χ0) is 16.7. The van der Waals surface area contributed by atoms with E-state index in [0.717, 1.165) is 29.1 Å². The molecule has 0 amide bonds. The molecule has 0 aliphatic carbocycles. The average Bonchev–Trinajstić information content (AvgIpc) is 2.99. The number of fused-ring (bicyclic) bond motifs is 2. The lowest BCUT2D eigenvalue weighted by Gasteiger charge is -2.06. The van der Waals surface area contributed by atoms with Crippen LogP contribution in [0.15, 0.2) is 47.3 Å². The highest BCUT2D eigenvalue weighted by atomic mass is 35.5. The SMILES string of the molecule is COc1ccc(/C=C2/CCn3c2nc2ccc(Cl)cc2c3=O)cc1. The number of benzene rings is 2. The van der Waals surface area contributed by atoms with E-state index >= 15 is 0 Å². The van der Waals surface area contributed by atoms with Gasteiger partial charge in [-0.1, -0.05) is 23.7 Å². The van der Waals surface area contributed by atoms with Gasteiger partial charge in [-0.15, -0.1) is 0 Å². The molecule has 1 aliphatic heterocycles. The van der Waals surface area contributed by atoms with Crippen LogP contribution in [-0.4, -0.2) is 16.7 Å². The van der Waals surface area contributed by atoms with Crippen molar-refractivity contribution >= 4 is 34.2 Å². The molecule has 4 nitrogen and oxygen atoms in total. The molecule has 120 valence electrons. The molecule has 1 aromatic heterocycles. The number of hydrogen-bond donors (Lipinski definition) is 0. The minimum absolute atomic E-state index is 0.0318. The predicted molar refractivity (Wildman–Crippen MR) is 96.5 cm³/mol. The van der Waals surface area contributed by atoms with Crippen molar-refractivity contribution in [2.24, 2.45) is 0 Å². The Morgan fingerprint density at radius 3 is 2.75 bits per heavy atom. The molecule has 4 rings (SSSR count). The Morgan fingerprint density at radius 2 is 2.00 bits per heavy atom. The highest BCUT2D eigenvalue weighted by Crippen LogP contribution is 2.28. The van der Waals surface area contributed by atoms with E-state index in [0.29, 0.717) is 22.5 Å². The van der Waals surface area contributed by atoms with E-state index in [4.69, 9.17) is 16.3 Å². The van der Waals surface area contributed by atoms with Crippen molar-refractivity contribution in [1.82, 2.24) is 9.55 Å². The van der Waals surface area contributed by atoms with Crippen molar-refractivity contribution in [3.8, 4) is 5.75 Å². The summed E-state index contributed by atoms with van der Waals surface area (Å²) in [4.78, 5) is 17.4. The summed E-state index contributed by atoms with van der Waals surface area (Å²) in [6.07, 6.45) is 2.87. The first-order valence-electron chi connectivity index (χ1n) is 7.71. The third-order valence-corrected chi connectivity index (χ3v) is 4.50. The van der Waals surface area contributed by atoms with Gasteiger partial charge in [0, 0.05) is 11.6 Å². The number of rotatable bonds is 2. The van der Waals surface area contributed by atoms with Gasteiger partial charge in [-0.25, -0.2) is 4.98 Å². The van der Waals surface area contributed by atoms with Gasteiger partial charge in [-0.05, 0) is 54.0 Å². The zero-order valence-corrected chi connectivity index (χ0v) is 13.9. The maximum atomic E-state index is 12.7. The van der Waals surface area contributed by atoms with Crippen LogP contribution in [0.5, 0.6) is 5.75 Å². The number of allylic oxidation sites excluding steroid dienone is 1. The number of nitrogens with zero attached hydrogens (tertiary/aromatic N) is 2. The van der Waals surface area contributed by atoms with E-state index in [2.05, 4.69) is 11.1 Å². The molecule has 0 atom stereocenters. The van der Waals surface area contributed by atoms with Crippen molar-refractivity contribution in [3.05, 3.63) is 69.2 Å². The molecule has 24 heavy (non-hydrogen) atoms. The molecule has 0 fully saturated rings. The third kappa shape index (κ3) is 2.49. The van der Waals surface area contributed by atoms with Crippen molar-refractivity contribution in [2.45, 2.75) is 13.0 Å². The van der Waals surface area contributed by atoms with Crippen molar-refractivity contribution in [3.63, 3.8) is 0 Å². The van der Waals surface area contributed by atoms with Crippen LogP contribution in [-0.2, 0) is 6.54 Å². The minimum atomic E-state index is -0.0318. The summed E-state index contributed by atoms with van der Waals surface area (Å²) in [6, 6.07) is 13.1. The molecule has 0 spiro atoms. The maximum absolute atomic E-state index is 12.7. The van der Waals surface area contributed by atoms with Gasteiger partial charge in [-0.2, -0.15) is 0 Å². The van der Waals surface area contributed by atoms with Crippen LogP contribution in [0.4, 0.5) is 0 Å². The summed E-state index contributed by atoms with van der Waals surface area (Å²) in [5.74, 6) is 1.56. The molecular weight excluding hydrogens is 324 g/mol. The summed E-state index contributed by atoms with van der Waals surface area (Å²) in [7, 11) is 1.65. The highest BCUT2D eigenvalue weighted by Gasteiger charge is 2.20. The van der Waals surface area contributed by atoms with E-state index in [1.54, 1.807) is 29.9 Å². The topological polar surface area (TPSA) is 44.1 Å². The van der Waals surface area contributed by atoms with Gasteiger partial charge in [0.05, 0.1) is 18.0 Å². The van der Waals surface area contributed by atoms with Crippen LogP contribution < -0.4 is 10.3 Å². The lowest BCUT2D eigenvalue weighted by Crippen LogP contribution is -2.20. The van der Waals surface area contributed by atoms with Crippen LogP contribution in [0.2, 0.25) is 5.02 Å². The van der Waals surface area contributed by atoms with Gasteiger partial charge in [0.25, 0.3) is 5.56 Å². The van der Waals surface area contributed by atoms with Gasteiger partial charge >= 0.3 is 0 Å². The van der Waals surface area contributed by atoms with Crippen molar-refractivity contribution in [1.29, 1.82) is 0 Å². The van der Waals surface area contributed by atoms with E-state index in [1.165, 1.54) is 0 Å². The number of hydrogen-bond acceptors (Lipinski definition) is 3. The van der Waals surface area contributed by atoms with Gasteiger partial charge in [-0.3, -0.25) is 9.36 Å². The standard InChI is InChI=1S/C19H15ClN2O2/c1-24-15-5-2-12(3-6-15)10-13-8-9-22-18(13)21-17-7-4-14(20)11-16(17)19(22)23/h2-7,10-11H,8-9H2,1H3/b13-10-. The lowest BCUT2D eigenvalue weighted by atomic mass is 10.1. The smallest absolute Gasteiger partial charge is 0.261 e. The van der Waals surface area contributed by atoms with Gasteiger partial charge < -0.3 is 4.74 Å². The Morgan fingerprint density at radius 1 is 1.21 bits per heavy atom. The molecule has 2 aromatic carbocycles. The second kappa shape index (κ2) is 5.80. The molecule has 2 heterocycles. The zero-order valence-electron chi connectivity index (χ0n) is 13.1. The molecule has 0 saturated heterocycles. The van der Waals surface area contributed by atoms with Gasteiger partial charge in [0.2, 0.25) is 0 Å². The van der Waals surface area contributed by atoms with E-state index < -0.39 is 0 Å². The molecular formula is C19H15ClN2O2. The molecule has 0 saturated carbocycles. The third-order valence-electron chi connectivity index (χ3n) is 4.26. The first kappa shape index (κ1) is 15.0. The second-order valence-corrected chi connectivity index (χ2v) is 6.18. The van der Waals surface area contributed by atoms with E-state index in [1.807, 2.05) is 24.3 Å². The maximum Gasteiger partial charge on any atom is 0.261 e. The fourth-order valence-electron chi connectivity index (χ4n) is 3.03. The van der Waals surface area contributed by atoms with Crippen LogP contribution >= 0.6 is 11.6 Å². The summed E-state index contributed by atoms with van der Waals surface area (Å²) in [5.41, 5.74) is 2.77. The van der Waals surface area contributed by atoms with Gasteiger partial charge in [0.15, 0.2) is 0 Å². The summed E-state index contributed by atoms with van der Waals surface area (Å²) >= 11 is 6.00. The Labute approximate surface area is 144 Å². The molecule has 3 aromatic rings. The lowest BCUT2D eigenvalue weighted by molar-refractivity contribution is 0.415. The highest BCUT2D eigenvalue weighted by molar-refractivity contribution is 6.31. The Balaban J connectivity index is 1.83. The number of aromatic nitrogens is 2. The Bertz CT molecular complexity index is 1020. The second-order valence-electron chi connectivity index (χ2n) is 5.75. The van der Waals surface area contributed by atoms with Gasteiger partial charge in [0.1, 0.15) is 11.6 Å². The number of halogens is 1. The minimum Gasteiger partial charge on any atom is -0.497 e. The monoisotopic (exact) mass is 338 g/mol. The molecule has 5 heteroatoms. The molecule has 0 bridgehead atoms. The van der Waals surface area contributed by atoms with E-state index in [9.17, 15) is 4.79 Å². The normalized spacial score (nSPS) is 15.0. The molecule has 0 unspecified atom stereocenters. The molecule has 0 N–H and O–H groups in total. The predicted octanol–water partition coefficient (Wildman–Crippen LogP) is 4.00. The first-order chi connectivity index (χ1) is 11.7. The van der Waals surface area contributed by atoms with Crippen LogP contribution in [0.3, 0.4) is 0 Å².